The first-order chi connectivity index (χ1) is 9.06. The highest BCUT2D eigenvalue weighted by Crippen LogP contribution is 2.21. The average molecular weight is 272 g/mol. The summed E-state index contributed by atoms with van der Waals surface area (Å²) in [5, 5.41) is 0. The lowest BCUT2D eigenvalue weighted by atomic mass is 9.88. The molecule has 0 heterocycles. The van der Waals surface area contributed by atoms with Crippen LogP contribution in [0, 0.1) is 11.8 Å². The predicted octanol–water partition coefficient (Wildman–Crippen LogP) is 3.13. The summed E-state index contributed by atoms with van der Waals surface area (Å²) in [6, 6.07) is 0.655. The predicted molar refractivity (Wildman–Crippen MR) is 84.4 cm³/mol. The smallest absolute Gasteiger partial charge is 0.0589 e. The molecular weight excluding hydrogens is 236 g/mol. The molecule has 3 heteroatoms. The number of hydrogen-bond acceptors (Lipinski definition) is 3. The van der Waals surface area contributed by atoms with Crippen molar-refractivity contribution in [1.29, 1.82) is 0 Å². The van der Waals surface area contributed by atoms with Crippen LogP contribution >= 0.6 is 0 Å². The van der Waals surface area contributed by atoms with Crippen LogP contribution in [0.2, 0.25) is 0 Å². The van der Waals surface area contributed by atoms with Gasteiger partial charge in [0.2, 0.25) is 0 Å². The van der Waals surface area contributed by atoms with Gasteiger partial charge in [-0.3, -0.25) is 4.90 Å². The molecule has 0 spiro atoms. The molecule has 0 aliphatic heterocycles. The van der Waals surface area contributed by atoms with E-state index in [1.807, 2.05) is 0 Å². The van der Waals surface area contributed by atoms with Gasteiger partial charge in [0, 0.05) is 19.7 Å². The van der Waals surface area contributed by atoms with Gasteiger partial charge in [0.1, 0.15) is 0 Å². The fraction of sp³-hybridized carbons (Fsp3) is 1.00. The van der Waals surface area contributed by atoms with E-state index in [2.05, 4.69) is 32.6 Å². The van der Waals surface area contributed by atoms with E-state index in [0.29, 0.717) is 6.04 Å². The summed E-state index contributed by atoms with van der Waals surface area (Å²) < 4.78 is 5.21. The Hall–Kier alpha value is -0.120. The normalized spacial score (nSPS) is 15.2. The molecule has 0 aromatic rings. The molecule has 0 bridgehead atoms. The average Bonchev–Trinajstić information content (AvgIpc) is 2.40. The third-order valence-electron chi connectivity index (χ3n) is 4.30. The van der Waals surface area contributed by atoms with Crippen LogP contribution in [-0.4, -0.2) is 44.3 Å². The monoisotopic (exact) mass is 272 g/mol. The van der Waals surface area contributed by atoms with Crippen molar-refractivity contribution < 1.29 is 4.74 Å². The second-order valence-corrected chi connectivity index (χ2v) is 6.01. The molecule has 0 rings (SSSR count). The van der Waals surface area contributed by atoms with Crippen LogP contribution < -0.4 is 5.73 Å². The number of methoxy groups -OCH3 is 1. The lowest BCUT2D eigenvalue weighted by Gasteiger charge is -2.29. The fourth-order valence-corrected chi connectivity index (χ4v) is 2.60. The Kier molecular flexibility index (Phi) is 11.6. The summed E-state index contributed by atoms with van der Waals surface area (Å²) in [5.41, 5.74) is 5.71. The molecule has 0 saturated heterocycles. The first-order valence-corrected chi connectivity index (χ1v) is 7.99. The minimum absolute atomic E-state index is 0.655. The van der Waals surface area contributed by atoms with Crippen LogP contribution in [0.15, 0.2) is 0 Å². The van der Waals surface area contributed by atoms with Crippen molar-refractivity contribution in [1.82, 2.24) is 4.90 Å². The number of hydrogen-bond donors (Lipinski definition) is 1. The van der Waals surface area contributed by atoms with E-state index in [4.69, 9.17) is 10.5 Å². The third kappa shape index (κ3) is 8.61. The lowest BCUT2D eigenvalue weighted by Crippen LogP contribution is -2.36. The molecule has 0 fully saturated rings. The number of ether oxygens (including phenoxy) is 1. The molecule has 0 amide bonds. The SMILES string of the molecule is CCC(C)N(CCCC(CCN)C(C)C)CCOC. The summed E-state index contributed by atoms with van der Waals surface area (Å²) in [6.07, 6.45) is 4.95. The second-order valence-electron chi connectivity index (χ2n) is 6.01. The fourth-order valence-electron chi connectivity index (χ4n) is 2.60. The summed E-state index contributed by atoms with van der Waals surface area (Å²) >= 11 is 0. The van der Waals surface area contributed by atoms with Gasteiger partial charge in [-0.15, -0.1) is 0 Å². The Morgan fingerprint density at radius 2 is 1.79 bits per heavy atom. The molecule has 116 valence electrons. The molecule has 0 aromatic heterocycles. The first-order valence-electron chi connectivity index (χ1n) is 7.99. The molecule has 0 aromatic carbocycles. The van der Waals surface area contributed by atoms with E-state index >= 15 is 0 Å². The van der Waals surface area contributed by atoms with Crippen LogP contribution in [0.3, 0.4) is 0 Å². The Labute approximate surface area is 120 Å². The van der Waals surface area contributed by atoms with Gasteiger partial charge in [-0.25, -0.2) is 0 Å². The molecule has 2 N–H and O–H groups in total. The van der Waals surface area contributed by atoms with Gasteiger partial charge in [-0.1, -0.05) is 20.8 Å². The van der Waals surface area contributed by atoms with E-state index < -0.39 is 0 Å². The highest BCUT2D eigenvalue weighted by molar-refractivity contribution is 4.69. The molecule has 0 aliphatic carbocycles. The topological polar surface area (TPSA) is 38.5 Å². The highest BCUT2D eigenvalue weighted by Gasteiger charge is 2.15. The van der Waals surface area contributed by atoms with Crippen molar-refractivity contribution in [3.8, 4) is 0 Å². The van der Waals surface area contributed by atoms with Crippen molar-refractivity contribution in [2.75, 3.05) is 33.4 Å². The minimum Gasteiger partial charge on any atom is -0.383 e. The molecule has 2 atom stereocenters. The van der Waals surface area contributed by atoms with Crippen molar-refractivity contribution in [2.45, 2.75) is 59.4 Å². The molecule has 2 unspecified atom stereocenters. The van der Waals surface area contributed by atoms with Crippen LogP contribution in [0.1, 0.15) is 53.4 Å². The van der Waals surface area contributed by atoms with E-state index in [1.54, 1.807) is 7.11 Å². The van der Waals surface area contributed by atoms with Crippen LogP contribution in [0.25, 0.3) is 0 Å². The van der Waals surface area contributed by atoms with Gasteiger partial charge in [0.05, 0.1) is 6.61 Å². The van der Waals surface area contributed by atoms with Crippen molar-refractivity contribution in [2.24, 2.45) is 17.6 Å². The van der Waals surface area contributed by atoms with Gasteiger partial charge in [0.25, 0.3) is 0 Å². The minimum atomic E-state index is 0.655. The Balaban J connectivity index is 4.07. The van der Waals surface area contributed by atoms with Crippen molar-refractivity contribution in [3.63, 3.8) is 0 Å². The maximum atomic E-state index is 5.71. The molecule has 0 aliphatic rings. The molecule has 0 saturated carbocycles. The van der Waals surface area contributed by atoms with Crippen LogP contribution in [0.5, 0.6) is 0 Å². The number of nitrogens with zero attached hydrogens (tertiary/aromatic N) is 1. The van der Waals surface area contributed by atoms with Gasteiger partial charge >= 0.3 is 0 Å². The van der Waals surface area contributed by atoms with Gasteiger partial charge in [0.15, 0.2) is 0 Å². The van der Waals surface area contributed by atoms with E-state index in [0.717, 1.165) is 31.5 Å². The Morgan fingerprint density at radius 3 is 2.26 bits per heavy atom. The second kappa shape index (κ2) is 11.7. The van der Waals surface area contributed by atoms with Gasteiger partial charge < -0.3 is 10.5 Å². The van der Waals surface area contributed by atoms with E-state index in [9.17, 15) is 0 Å². The molecule has 19 heavy (non-hydrogen) atoms. The summed E-state index contributed by atoms with van der Waals surface area (Å²) in [5.74, 6) is 1.53. The summed E-state index contributed by atoms with van der Waals surface area (Å²) in [7, 11) is 1.78. The number of nitrogens with two attached hydrogens (primary N) is 1. The Bertz CT molecular complexity index is 197. The first kappa shape index (κ1) is 18.9. The van der Waals surface area contributed by atoms with Crippen molar-refractivity contribution in [3.05, 3.63) is 0 Å². The van der Waals surface area contributed by atoms with Crippen LogP contribution in [-0.2, 0) is 4.74 Å². The zero-order chi connectivity index (χ0) is 14.7. The summed E-state index contributed by atoms with van der Waals surface area (Å²) in [6.45, 7) is 13.1. The zero-order valence-electron chi connectivity index (χ0n) is 13.8. The standard InChI is InChI=1S/C16H36N2O/c1-6-15(4)18(12-13-19-5)11-7-8-16(9-10-17)14(2)3/h14-16H,6-13,17H2,1-5H3. The maximum Gasteiger partial charge on any atom is 0.0589 e. The number of rotatable bonds is 12. The summed E-state index contributed by atoms with van der Waals surface area (Å²) in [4.78, 5) is 2.56. The molecular formula is C16H36N2O. The molecule has 0 radical (unpaired) electrons. The lowest BCUT2D eigenvalue weighted by molar-refractivity contribution is 0.119. The third-order valence-corrected chi connectivity index (χ3v) is 4.30. The van der Waals surface area contributed by atoms with Gasteiger partial charge in [-0.05, 0) is 57.5 Å². The maximum absolute atomic E-state index is 5.71. The largest absolute Gasteiger partial charge is 0.383 e. The Morgan fingerprint density at radius 1 is 1.11 bits per heavy atom. The highest BCUT2D eigenvalue weighted by atomic mass is 16.5. The van der Waals surface area contributed by atoms with Gasteiger partial charge in [-0.2, -0.15) is 0 Å². The zero-order valence-corrected chi connectivity index (χ0v) is 13.8. The van der Waals surface area contributed by atoms with Crippen LogP contribution in [0.4, 0.5) is 0 Å². The van der Waals surface area contributed by atoms with Crippen molar-refractivity contribution >= 4 is 0 Å². The van der Waals surface area contributed by atoms with E-state index in [-0.39, 0.29) is 0 Å². The quantitative estimate of drug-likeness (QED) is 0.593. The molecule has 3 nitrogen and oxygen atoms in total. The van der Waals surface area contributed by atoms with E-state index in [1.165, 1.54) is 32.2 Å².